The number of aromatic nitrogens is 1. The van der Waals surface area contributed by atoms with Crippen LogP contribution in [-0.4, -0.2) is 28.5 Å². The highest BCUT2D eigenvalue weighted by atomic mass is 127. The number of esters is 1. The van der Waals surface area contributed by atoms with Crippen molar-refractivity contribution in [1.82, 2.24) is 10.3 Å². The van der Waals surface area contributed by atoms with Crippen LogP contribution < -0.4 is 16.0 Å². The molecule has 1 aromatic carbocycles. The number of nitrogens with zero attached hydrogens (tertiary/aromatic N) is 1. The van der Waals surface area contributed by atoms with Crippen LogP contribution >= 0.6 is 22.6 Å². The van der Waals surface area contributed by atoms with Crippen molar-refractivity contribution in [3.8, 4) is 0 Å². The van der Waals surface area contributed by atoms with Crippen LogP contribution in [0.15, 0.2) is 24.3 Å². The third-order valence-electron chi connectivity index (χ3n) is 6.25. The first-order chi connectivity index (χ1) is 16.1. The lowest BCUT2D eigenvalue weighted by Gasteiger charge is -2.33. The number of ether oxygens (including phenoxy) is 1. The summed E-state index contributed by atoms with van der Waals surface area (Å²) < 4.78 is 6.54. The van der Waals surface area contributed by atoms with E-state index in [0.717, 1.165) is 51.9 Å². The van der Waals surface area contributed by atoms with Crippen molar-refractivity contribution in [2.24, 2.45) is 5.92 Å². The van der Waals surface area contributed by atoms with Crippen LogP contribution in [-0.2, 0) is 16.1 Å². The van der Waals surface area contributed by atoms with Crippen molar-refractivity contribution in [3.63, 3.8) is 0 Å². The summed E-state index contributed by atoms with van der Waals surface area (Å²) in [5.41, 5.74) is 3.09. The van der Waals surface area contributed by atoms with Crippen molar-refractivity contribution >= 4 is 51.8 Å². The summed E-state index contributed by atoms with van der Waals surface area (Å²) in [5, 5.41) is 9.94. The topological polar surface area (TPSA) is 92.3 Å². The summed E-state index contributed by atoms with van der Waals surface area (Å²) in [7, 11) is 0. The van der Waals surface area contributed by atoms with Gasteiger partial charge in [-0.25, -0.2) is 4.98 Å². The fourth-order valence-corrected chi connectivity index (χ4v) is 5.48. The van der Waals surface area contributed by atoms with E-state index in [1.54, 1.807) is 0 Å². The number of halogens is 1. The first-order valence-corrected chi connectivity index (χ1v) is 13.0. The SMILES string of the molecule is Cc1cccc(Nc2nc(N[C@@H]3CCCC[C@@H]3CC(=O)OC(C)(C)C)c(I)c3c2C(=O)NC3)c1. The van der Waals surface area contributed by atoms with E-state index in [9.17, 15) is 9.59 Å². The van der Waals surface area contributed by atoms with Crippen LogP contribution in [0.25, 0.3) is 0 Å². The zero-order valence-corrected chi connectivity index (χ0v) is 22.4. The van der Waals surface area contributed by atoms with E-state index < -0.39 is 5.60 Å². The maximum Gasteiger partial charge on any atom is 0.306 e. The highest BCUT2D eigenvalue weighted by Gasteiger charge is 2.32. The number of nitrogens with one attached hydrogen (secondary N) is 3. The molecule has 0 radical (unpaired) electrons. The Morgan fingerprint density at radius 2 is 2.00 bits per heavy atom. The van der Waals surface area contributed by atoms with Crippen molar-refractivity contribution < 1.29 is 14.3 Å². The van der Waals surface area contributed by atoms with Crippen molar-refractivity contribution in [2.75, 3.05) is 10.6 Å². The standard InChI is InChI=1S/C26H33IN4O3/c1-15-8-7-10-17(12-15)29-23-21-18(14-28-25(21)33)22(27)24(31-23)30-19-11-6-5-9-16(19)13-20(32)34-26(2,3)4/h7-8,10,12,16,19H,5-6,9,11,13-14H2,1-4H3,(H,28,33)(H2,29,30,31)/t16-,19-/m1/s1. The van der Waals surface area contributed by atoms with Gasteiger partial charge in [0.15, 0.2) is 0 Å². The Balaban J connectivity index is 1.60. The number of anilines is 3. The molecule has 1 fully saturated rings. The fourth-order valence-electron chi connectivity index (χ4n) is 4.74. The molecule has 0 unspecified atom stereocenters. The molecule has 2 aromatic rings. The predicted molar refractivity (Wildman–Crippen MR) is 142 cm³/mol. The van der Waals surface area contributed by atoms with Crippen molar-refractivity contribution in [2.45, 2.75) is 78.0 Å². The number of pyridine rings is 1. The van der Waals surface area contributed by atoms with Gasteiger partial charge in [0.2, 0.25) is 0 Å². The molecule has 1 aromatic heterocycles. The second-order valence-corrected chi connectivity index (χ2v) is 11.3. The minimum atomic E-state index is -0.485. The monoisotopic (exact) mass is 576 g/mol. The van der Waals surface area contributed by atoms with Gasteiger partial charge in [0.25, 0.3) is 5.91 Å². The van der Waals surface area contributed by atoms with Gasteiger partial charge in [0.1, 0.15) is 17.2 Å². The van der Waals surface area contributed by atoms with E-state index in [2.05, 4.69) is 38.5 Å². The van der Waals surface area contributed by atoms with E-state index in [1.165, 1.54) is 0 Å². The molecule has 0 spiro atoms. The first-order valence-electron chi connectivity index (χ1n) is 11.9. The Hall–Kier alpha value is -2.36. The van der Waals surface area contributed by atoms with Crippen LogP contribution in [0.3, 0.4) is 0 Å². The summed E-state index contributed by atoms with van der Waals surface area (Å²) in [6.07, 6.45) is 4.56. The second-order valence-electron chi connectivity index (χ2n) is 10.2. The zero-order valence-electron chi connectivity index (χ0n) is 20.3. The normalized spacial score (nSPS) is 19.9. The maximum absolute atomic E-state index is 12.6. The molecule has 1 aliphatic heterocycles. The maximum atomic E-state index is 12.6. The average molecular weight is 576 g/mol. The Labute approximate surface area is 215 Å². The predicted octanol–water partition coefficient (Wildman–Crippen LogP) is 5.68. The van der Waals surface area contributed by atoms with Gasteiger partial charge in [-0.05, 0) is 86.7 Å². The molecule has 34 heavy (non-hydrogen) atoms. The minimum Gasteiger partial charge on any atom is -0.460 e. The largest absolute Gasteiger partial charge is 0.460 e. The molecule has 2 heterocycles. The van der Waals surface area contributed by atoms with E-state index in [1.807, 2.05) is 52.0 Å². The second kappa shape index (κ2) is 10.1. The summed E-state index contributed by atoms with van der Waals surface area (Å²) in [6.45, 7) is 8.21. The molecule has 182 valence electrons. The van der Waals surface area contributed by atoms with E-state index in [4.69, 9.17) is 9.72 Å². The Morgan fingerprint density at radius 1 is 1.24 bits per heavy atom. The molecule has 0 bridgehead atoms. The number of carbonyl (C=O) groups excluding carboxylic acids is 2. The average Bonchev–Trinajstić information content (AvgIpc) is 3.13. The molecule has 4 rings (SSSR count). The number of benzene rings is 1. The zero-order chi connectivity index (χ0) is 24.5. The fraction of sp³-hybridized carbons (Fsp3) is 0.500. The quantitative estimate of drug-likeness (QED) is 0.303. The third kappa shape index (κ3) is 5.82. The van der Waals surface area contributed by atoms with Gasteiger partial charge in [-0.15, -0.1) is 0 Å². The van der Waals surface area contributed by atoms with Crippen LogP contribution in [0.4, 0.5) is 17.3 Å². The molecule has 1 saturated carbocycles. The van der Waals surface area contributed by atoms with Gasteiger partial charge < -0.3 is 20.7 Å². The summed E-state index contributed by atoms with van der Waals surface area (Å²) in [5.74, 6) is 1.23. The van der Waals surface area contributed by atoms with E-state index in [0.29, 0.717) is 24.3 Å². The van der Waals surface area contributed by atoms with Gasteiger partial charge in [0, 0.05) is 23.8 Å². The lowest BCUT2D eigenvalue weighted by atomic mass is 9.82. The van der Waals surface area contributed by atoms with Gasteiger partial charge in [-0.2, -0.15) is 0 Å². The van der Waals surface area contributed by atoms with Crippen LogP contribution in [0, 0.1) is 16.4 Å². The Kier molecular flexibility index (Phi) is 7.35. The van der Waals surface area contributed by atoms with Crippen LogP contribution in [0.2, 0.25) is 0 Å². The number of amides is 1. The van der Waals surface area contributed by atoms with Gasteiger partial charge in [-0.1, -0.05) is 25.0 Å². The van der Waals surface area contributed by atoms with Gasteiger partial charge in [-0.3, -0.25) is 9.59 Å². The van der Waals surface area contributed by atoms with Gasteiger partial charge in [0.05, 0.1) is 15.6 Å². The lowest BCUT2D eigenvalue weighted by Crippen LogP contribution is -2.36. The number of hydrogen-bond donors (Lipinski definition) is 3. The molecule has 3 N–H and O–H groups in total. The Morgan fingerprint density at radius 3 is 2.74 bits per heavy atom. The number of rotatable bonds is 6. The first kappa shape index (κ1) is 24.8. The number of aryl methyl sites for hydroxylation is 1. The van der Waals surface area contributed by atoms with E-state index >= 15 is 0 Å². The molecular formula is C26H33IN4O3. The van der Waals surface area contributed by atoms with Crippen LogP contribution in [0.1, 0.15) is 74.4 Å². The minimum absolute atomic E-state index is 0.109. The molecule has 0 saturated heterocycles. The molecule has 1 aliphatic carbocycles. The van der Waals surface area contributed by atoms with Crippen LogP contribution in [0.5, 0.6) is 0 Å². The molecule has 8 heteroatoms. The number of hydrogen-bond acceptors (Lipinski definition) is 6. The summed E-state index contributed by atoms with van der Waals surface area (Å²) in [6, 6.07) is 8.13. The molecule has 2 aliphatic rings. The molecule has 1 amide bonds. The lowest BCUT2D eigenvalue weighted by molar-refractivity contribution is -0.156. The van der Waals surface area contributed by atoms with Crippen molar-refractivity contribution in [1.29, 1.82) is 0 Å². The van der Waals surface area contributed by atoms with E-state index in [-0.39, 0.29) is 23.8 Å². The highest BCUT2D eigenvalue weighted by molar-refractivity contribution is 14.1. The Bertz CT molecular complexity index is 1100. The summed E-state index contributed by atoms with van der Waals surface area (Å²) in [4.78, 5) is 30.0. The third-order valence-corrected chi connectivity index (χ3v) is 7.41. The number of carbonyl (C=O) groups is 2. The molecule has 7 nitrogen and oxygen atoms in total. The van der Waals surface area contributed by atoms with Gasteiger partial charge >= 0.3 is 5.97 Å². The summed E-state index contributed by atoms with van der Waals surface area (Å²) >= 11 is 2.28. The highest BCUT2D eigenvalue weighted by Crippen LogP contribution is 2.36. The molecule has 2 atom stereocenters. The smallest absolute Gasteiger partial charge is 0.306 e. The molecular weight excluding hydrogens is 543 g/mol. The van der Waals surface area contributed by atoms with Crippen molar-refractivity contribution in [3.05, 3.63) is 44.5 Å². The number of fused-ring (bicyclic) bond motifs is 1.